The molecule has 0 N–H and O–H groups in total. The van der Waals surface area contributed by atoms with E-state index in [1.165, 1.54) is 4.90 Å². The van der Waals surface area contributed by atoms with Crippen molar-refractivity contribution >= 4 is 12.5 Å². The summed E-state index contributed by atoms with van der Waals surface area (Å²) in [5, 5.41) is 0. The zero-order valence-corrected chi connectivity index (χ0v) is 10.7. The minimum atomic E-state index is -2.68. The highest BCUT2D eigenvalue weighted by molar-refractivity contribution is 5.68. The Hall–Kier alpha value is -1.40. The van der Waals surface area contributed by atoms with Crippen molar-refractivity contribution in [2.45, 2.75) is 38.8 Å². The van der Waals surface area contributed by atoms with Crippen LogP contribution >= 0.6 is 0 Å². The number of carbonyl (C=O) groups is 2. The molecule has 0 bridgehead atoms. The number of hydrogen-bond donors (Lipinski definition) is 0. The predicted molar refractivity (Wildman–Crippen MR) is 60.4 cm³/mol. The van der Waals surface area contributed by atoms with Crippen LogP contribution in [0.4, 0.5) is 13.6 Å². The first-order valence-electron chi connectivity index (χ1n) is 5.71. The van der Waals surface area contributed by atoms with Crippen molar-refractivity contribution in [2.75, 3.05) is 19.6 Å². The van der Waals surface area contributed by atoms with E-state index in [-0.39, 0.29) is 19.6 Å². The van der Waals surface area contributed by atoms with Crippen LogP contribution in [0.2, 0.25) is 0 Å². The van der Waals surface area contributed by atoms with Crippen molar-refractivity contribution in [1.29, 1.82) is 0 Å². The maximum atomic E-state index is 12.8. The first kappa shape index (κ1) is 14.7. The van der Waals surface area contributed by atoms with Crippen molar-refractivity contribution in [1.82, 2.24) is 9.80 Å². The number of halogens is 2. The van der Waals surface area contributed by atoms with Crippen LogP contribution in [0.5, 0.6) is 0 Å². The molecule has 1 fully saturated rings. The lowest BCUT2D eigenvalue weighted by atomic mass is 10.2. The second-order valence-electron chi connectivity index (χ2n) is 5.17. The zero-order chi connectivity index (χ0) is 13.9. The summed E-state index contributed by atoms with van der Waals surface area (Å²) in [7, 11) is 0. The van der Waals surface area contributed by atoms with E-state index in [1.54, 1.807) is 20.8 Å². The second kappa shape index (κ2) is 5.49. The highest BCUT2D eigenvalue weighted by Crippen LogP contribution is 2.17. The summed E-state index contributed by atoms with van der Waals surface area (Å²) in [5.74, 6) is 0. The van der Waals surface area contributed by atoms with Crippen LogP contribution in [0.3, 0.4) is 0 Å². The van der Waals surface area contributed by atoms with Gasteiger partial charge in [0.15, 0.2) is 0 Å². The molecule has 0 radical (unpaired) electrons. The Balaban J connectivity index is 2.65. The fourth-order valence-corrected chi connectivity index (χ4v) is 1.67. The molecule has 1 aliphatic heterocycles. The number of amides is 2. The lowest BCUT2D eigenvalue weighted by molar-refractivity contribution is -0.127. The SMILES string of the molecule is CC(C)(C)OC(=O)N1CCN(C=O)C(C(F)F)C1. The molecule has 104 valence electrons. The first-order valence-corrected chi connectivity index (χ1v) is 5.71. The molecule has 2 amide bonds. The highest BCUT2D eigenvalue weighted by Gasteiger charge is 2.36. The van der Waals surface area contributed by atoms with E-state index >= 15 is 0 Å². The molecule has 1 atom stereocenters. The minimum Gasteiger partial charge on any atom is -0.444 e. The molecule has 1 saturated heterocycles. The fourth-order valence-electron chi connectivity index (χ4n) is 1.67. The van der Waals surface area contributed by atoms with E-state index in [4.69, 9.17) is 4.74 Å². The van der Waals surface area contributed by atoms with Gasteiger partial charge in [-0.05, 0) is 20.8 Å². The topological polar surface area (TPSA) is 49.9 Å². The number of alkyl halides is 2. The number of nitrogens with zero attached hydrogens (tertiary/aromatic N) is 2. The van der Waals surface area contributed by atoms with Crippen LogP contribution in [0.1, 0.15) is 20.8 Å². The maximum Gasteiger partial charge on any atom is 0.410 e. The number of rotatable bonds is 2. The van der Waals surface area contributed by atoms with Crippen LogP contribution in [0.25, 0.3) is 0 Å². The van der Waals surface area contributed by atoms with Gasteiger partial charge in [0, 0.05) is 13.1 Å². The molecule has 0 saturated carbocycles. The molecule has 1 rings (SSSR count). The summed E-state index contributed by atoms with van der Waals surface area (Å²) in [5.41, 5.74) is -0.667. The first-order chi connectivity index (χ1) is 8.24. The number of piperazine rings is 1. The molecule has 5 nitrogen and oxygen atoms in total. The van der Waals surface area contributed by atoms with Crippen molar-refractivity contribution in [3.63, 3.8) is 0 Å². The Morgan fingerprint density at radius 2 is 2.00 bits per heavy atom. The molecule has 0 aromatic heterocycles. The fraction of sp³-hybridized carbons (Fsp3) is 0.818. The molecule has 18 heavy (non-hydrogen) atoms. The molecule has 0 aromatic rings. The summed E-state index contributed by atoms with van der Waals surface area (Å²) >= 11 is 0. The van der Waals surface area contributed by atoms with E-state index in [0.717, 1.165) is 4.90 Å². The Labute approximate surface area is 105 Å². The van der Waals surface area contributed by atoms with Gasteiger partial charge in [0.2, 0.25) is 6.41 Å². The van der Waals surface area contributed by atoms with Gasteiger partial charge in [0.05, 0.1) is 6.54 Å². The molecule has 1 aliphatic rings. The quantitative estimate of drug-likeness (QED) is 0.707. The van der Waals surface area contributed by atoms with Crippen LogP contribution in [-0.2, 0) is 9.53 Å². The molecule has 1 unspecified atom stereocenters. The average molecular weight is 264 g/mol. The average Bonchev–Trinajstić information content (AvgIpc) is 2.25. The molecule has 0 aliphatic carbocycles. The van der Waals surface area contributed by atoms with Gasteiger partial charge in [0.25, 0.3) is 6.43 Å². The standard InChI is InChI=1S/C11H18F2N2O3/c1-11(2,3)18-10(17)14-4-5-15(7-16)8(6-14)9(12)13/h7-9H,4-6H2,1-3H3. The van der Waals surface area contributed by atoms with Crippen molar-refractivity contribution in [3.05, 3.63) is 0 Å². The summed E-state index contributed by atoms with van der Waals surface area (Å²) in [6.07, 6.45) is -2.91. The van der Waals surface area contributed by atoms with Gasteiger partial charge in [-0.1, -0.05) is 0 Å². The number of hydrogen-bond acceptors (Lipinski definition) is 3. The summed E-state index contributed by atoms with van der Waals surface area (Å²) in [6, 6.07) is -1.26. The predicted octanol–water partition coefficient (Wildman–Crippen LogP) is 1.33. The Kier molecular flexibility index (Phi) is 4.48. The van der Waals surface area contributed by atoms with Gasteiger partial charge < -0.3 is 14.5 Å². The van der Waals surface area contributed by atoms with E-state index in [0.29, 0.717) is 6.41 Å². The van der Waals surface area contributed by atoms with Crippen LogP contribution < -0.4 is 0 Å². The Morgan fingerprint density at radius 3 is 2.44 bits per heavy atom. The summed E-state index contributed by atoms with van der Waals surface area (Å²) in [6.45, 7) is 5.21. The largest absolute Gasteiger partial charge is 0.444 e. The van der Waals surface area contributed by atoms with Gasteiger partial charge in [-0.2, -0.15) is 0 Å². The van der Waals surface area contributed by atoms with Crippen molar-refractivity contribution < 1.29 is 23.1 Å². The third-order valence-corrected chi connectivity index (χ3v) is 2.54. The molecule has 1 heterocycles. The lowest BCUT2D eigenvalue weighted by Gasteiger charge is -2.39. The van der Waals surface area contributed by atoms with Gasteiger partial charge in [0.1, 0.15) is 11.6 Å². The van der Waals surface area contributed by atoms with Crippen molar-refractivity contribution in [3.8, 4) is 0 Å². The van der Waals surface area contributed by atoms with Crippen LogP contribution in [0, 0.1) is 0 Å². The Bertz CT molecular complexity index is 318. The third-order valence-electron chi connectivity index (χ3n) is 2.54. The second-order valence-corrected chi connectivity index (χ2v) is 5.17. The highest BCUT2D eigenvalue weighted by atomic mass is 19.3. The zero-order valence-electron chi connectivity index (χ0n) is 10.7. The normalized spacial score (nSPS) is 21.1. The Morgan fingerprint density at radius 1 is 1.39 bits per heavy atom. The van der Waals surface area contributed by atoms with Gasteiger partial charge in [-0.3, -0.25) is 4.79 Å². The monoisotopic (exact) mass is 264 g/mol. The molecule has 0 aromatic carbocycles. The number of ether oxygens (including phenoxy) is 1. The maximum absolute atomic E-state index is 12.8. The smallest absolute Gasteiger partial charge is 0.410 e. The van der Waals surface area contributed by atoms with E-state index in [2.05, 4.69) is 0 Å². The molecular weight excluding hydrogens is 246 g/mol. The molecule has 7 heteroatoms. The van der Waals surface area contributed by atoms with Gasteiger partial charge >= 0.3 is 6.09 Å². The number of carbonyl (C=O) groups excluding carboxylic acids is 2. The third kappa shape index (κ3) is 3.82. The molecular formula is C11H18F2N2O3. The van der Waals surface area contributed by atoms with Crippen molar-refractivity contribution in [2.24, 2.45) is 0 Å². The van der Waals surface area contributed by atoms with E-state index < -0.39 is 24.2 Å². The van der Waals surface area contributed by atoms with Gasteiger partial charge in [-0.15, -0.1) is 0 Å². The molecule has 0 spiro atoms. The van der Waals surface area contributed by atoms with E-state index in [1.807, 2.05) is 0 Å². The van der Waals surface area contributed by atoms with E-state index in [9.17, 15) is 18.4 Å². The van der Waals surface area contributed by atoms with Crippen LogP contribution in [-0.4, -0.2) is 60.0 Å². The van der Waals surface area contributed by atoms with Gasteiger partial charge in [-0.25, -0.2) is 13.6 Å². The van der Waals surface area contributed by atoms with Crippen LogP contribution in [0.15, 0.2) is 0 Å². The lowest BCUT2D eigenvalue weighted by Crippen LogP contribution is -2.57. The summed E-state index contributed by atoms with van der Waals surface area (Å²) < 4.78 is 30.6. The minimum absolute atomic E-state index is 0.0950. The summed E-state index contributed by atoms with van der Waals surface area (Å²) in [4.78, 5) is 24.6.